The number of rotatable bonds is 4. The van der Waals surface area contributed by atoms with Gasteiger partial charge in [0.15, 0.2) is 0 Å². The highest BCUT2D eigenvalue weighted by Crippen LogP contribution is 2.34. The van der Waals surface area contributed by atoms with Crippen LogP contribution >= 0.6 is 0 Å². The predicted octanol–water partition coefficient (Wildman–Crippen LogP) is 2.83. The summed E-state index contributed by atoms with van der Waals surface area (Å²) >= 11 is 0. The number of benzene rings is 2. The lowest BCUT2D eigenvalue weighted by Gasteiger charge is -2.24. The Bertz CT molecular complexity index is 790. The topological polar surface area (TPSA) is 53.6 Å². The lowest BCUT2D eigenvalue weighted by molar-refractivity contribution is -0.119. The first-order chi connectivity index (χ1) is 12.7. The van der Waals surface area contributed by atoms with Gasteiger partial charge in [0.25, 0.3) is 0 Å². The molecule has 5 nitrogen and oxygen atoms in total. The molecule has 2 heterocycles. The smallest absolute Gasteiger partial charge is 0.227 e. The third-order valence-electron chi connectivity index (χ3n) is 5.61. The van der Waals surface area contributed by atoms with Gasteiger partial charge >= 0.3 is 0 Å². The number of amides is 1. The van der Waals surface area contributed by atoms with Gasteiger partial charge < -0.3 is 9.64 Å². The van der Waals surface area contributed by atoms with Crippen LogP contribution in [0, 0.1) is 5.92 Å². The van der Waals surface area contributed by atoms with E-state index in [1.165, 1.54) is 11.1 Å². The van der Waals surface area contributed by atoms with E-state index in [4.69, 9.17) is 4.74 Å². The molecule has 0 aromatic heterocycles. The van der Waals surface area contributed by atoms with Crippen molar-refractivity contribution in [1.29, 1.82) is 0 Å². The normalized spacial score (nSPS) is 24.5. The van der Waals surface area contributed by atoms with E-state index in [0.29, 0.717) is 6.42 Å². The zero-order chi connectivity index (χ0) is 18.1. The Hall–Kier alpha value is -2.37. The molecule has 1 amide bonds. The van der Waals surface area contributed by atoms with Gasteiger partial charge in [-0.2, -0.15) is 0 Å². The molecule has 4 rings (SSSR count). The molecule has 2 aliphatic rings. The van der Waals surface area contributed by atoms with Gasteiger partial charge in [-0.25, -0.2) is 5.43 Å². The summed E-state index contributed by atoms with van der Waals surface area (Å²) in [5, 5.41) is 0. The van der Waals surface area contributed by atoms with Crippen molar-refractivity contribution in [3.05, 3.63) is 59.7 Å². The minimum Gasteiger partial charge on any atom is -0.497 e. The van der Waals surface area contributed by atoms with Gasteiger partial charge in [-0.05, 0) is 42.7 Å². The van der Waals surface area contributed by atoms with E-state index in [1.54, 1.807) is 7.11 Å². The lowest BCUT2D eigenvalue weighted by Crippen LogP contribution is -2.34. The number of methoxy groups -OCH3 is 1. The van der Waals surface area contributed by atoms with Crippen LogP contribution in [-0.2, 0) is 11.2 Å². The fourth-order valence-corrected chi connectivity index (χ4v) is 4.07. The molecular formula is C21H25N3O2. The van der Waals surface area contributed by atoms with E-state index >= 15 is 0 Å². The standard InChI is InChI=1S/C21H25N3O2/c1-14-18(21(23-22-14)16-7-9-17(26-2)10-8-16)13-20(25)24-12-11-15-5-3-4-6-19(15)24/h3-10,14,18,21-23H,11-13H2,1-2H3. The maximum atomic E-state index is 13.0. The third kappa shape index (κ3) is 3.08. The van der Waals surface area contributed by atoms with Crippen LogP contribution in [0.5, 0.6) is 5.75 Å². The van der Waals surface area contributed by atoms with Crippen LogP contribution in [0.3, 0.4) is 0 Å². The van der Waals surface area contributed by atoms with Crippen LogP contribution in [0.1, 0.15) is 30.5 Å². The number of ether oxygens (including phenoxy) is 1. The molecular weight excluding hydrogens is 326 g/mol. The summed E-state index contributed by atoms with van der Waals surface area (Å²) in [6.07, 6.45) is 1.47. The molecule has 136 valence electrons. The quantitative estimate of drug-likeness (QED) is 0.889. The molecule has 2 aliphatic heterocycles. The van der Waals surface area contributed by atoms with Crippen molar-refractivity contribution in [3.8, 4) is 5.75 Å². The van der Waals surface area contributed by atoms with Gasteiger partial charge in [-0.3, -0.25) is 10.2 Å². The second-order valence-corrected chi connectivity index (χ2v) is 7.12. The zero-order valence-electron chi connectivity index (χ0n) is 15.2. The Morgan fingerprint density at radius 1 is 1.15 bits per heavy atom. The number of nitrogens with zero attached hydrogens (tertiary/aromatic N) is 1. The molecule has 3 atom stereocenters. The molecule has 2 aromatic rings. The number of para-hydroxylation sites is 1. The second kappa shape index (κ2) is 7.09. The highest BCUT2D eigenvalue weighted by molar-refractivity contribution is 5.95. The molecule has 0 aliphatic carbocycles. The number of hydrazine groups is 1. The van der Waals surface area contributed by atoms with Crippen LogP contribution < -0.4 is 20.5 Å². The van der Waals surface area contributed by atoms with Crippen molar-refractivity contribution < 1.29 is 9.53 Å². The van der Waals surface area contributed by atoms with Crippen molar-refractivity contribution in [2.24, 2.45) is 5.92 Å². The van der Waals surface area contributed by atoms with Crippen molar-refractivity contribution >= 4 is 11.6 Å². The average Bonchev–Trinajstić information content (AvgIpc) is 3.26. The van der Waals surface area contributed by atoms with E-state index < -0.39 is 0 Å². The third-order valence-corrected chi connectivity index (χ3v) is 5.61. The minimum atomic E-state index is 0.109. The molecule has 0 saturated carbocycles. The molecule has 0 bridgehead atoms. The lowest BCUT2D eigenvalue weighted by atomic mass is 9.87. The van der Waals surface area contributed by atoms with E-state index in [0.717, 1.165) is 24.4 Å². The Morgan fingerprint density at radius 2 is 1.92 bits per heavy atom. The molecule has 1 saturated heterocycles. The minimum absolute atomic E-state index is 0.109. The Morgan fingerprint density at radius 3 is 2.69 bits per heavy atom. The number of nitrogens with one attached hydrogen (secondary N) is 2. The summed E-state index contributed by atoms with van der Waals surface area (Å²) in [6.45, 7) is 2.92. The van der Waals surface area contributed by atoms with E-state index in [2.05, 4.69) is 42.0 Å². The Labute approximate surface area is 154 Å². The summed E-state index contributed by atoms with van der Waals surface area (Å²) in [5.74, 6) is 1.24. The van der Waals surface area contributed by atoms with Crippen LogP contribution in [0.2, 0.25) is 0 Å². The Balaban J connectivity index is 1.51. The zero-order valence-corrected chi connectivity index (χ0v) is 15.2. The molecule has 3 unspecified atom stereocenters. The van der Waals surface area contributed by atoms with Gasteiger partial charge in [-0.15, -0.1) is 0 Å². The van der Waals surface area contributed by atoms with Crippen LogP contribution in [-0.4, -0.2) is 25.6 Å². The van der Waals surface area contributed by atoms with Gasteiger partial charge in [0, 0.05) is 30.6 Å². The first-order valence-electron chi connectivity index (χ1n) is 9.20. The summed E-state index contributed by atoms with van der Waals surface area (Å²) < 4.78 is 5.25. The summed E-state index contributed by atoms with van der Waals surface area (Å²) in [5.41, 5.74) is 10.2. The fourth-order valence-electron chi connectivity index (χ4n) is 4.07. The van der Waals surface area contributed by atoms with Crippen molar-refractivity contribution in [3.63, 3.8) is 0 Å². The SMILES string of the molecule is COc1ccc(C2NNC(C)C2CC(=O)N2CCc3ccccc32)cc1. The maximum absolute atomic E-state index is 13.0. The van der Waals surface area contributed by atoms with Gasteiger partial charge in [0.2, 0.25) is 5.91 Å². The monoisotopic (exact) mass is 351 g/mol. The van der Waals surface area contributed by atoms with E-state index in [-0.39, 0.29) is 23.9 Å². The molecule has 2 N–H and O–H groups in total. The number of anilines is 1. The first-order valence-corrected chi connectivity index (χ1v) is 9.20. The molecule has 5 heteroatoms. The average molecular weight is 351 g/mol. The van der Waals surface area contributed by atoms with Crippen molar-refractivity contribution in [1.82, 2.24) is 10.9 Å². The van der Waals surface area contributed by atoms with Gasteiger partial charge in [0.05, 0.1) is 13.2 Å². The van der Waals surface area contributed by atoms with E-state index in [9.17, 15) is 4.79 Å². The van der Waals surface area contributed by atoms with Crippen LogP contribution in [0.15, 0.2) is 48.5 Å². The second-order valence-electron chi connectivity index (χ2n) is 7.12. The molecule has 0 spiro atoms. The van der Waals surface area contributed by atoms with Crippen LogP contribution in [0.25, 0.3) is 0 Å². The number of hydrogen-bond donors (Lipinski definition) is 2. The molecule has 0 radical (unpaired) electrons. The molecule has 26 heavy (non-hydrogen) atoms. The molecule has 1 fully saturated rings. The summed E-state index contributed by atoms with van der Waals surface area (Å²) in [7, 11) is 1.67. The van der Waals surface area contributed by atoms with Crippen molar-refractivity contribution in [2.45, 2.75) is 31.8 Å². The van der Waals surface area contributed by atoms with E-state index in [1.807, 2.05) is 29.2 Å². The molecule has 2 aromatic carbocycles. The number of fused-ring (bicyclic) bond motifs is 1. The highest BCUT2D eigenvalue weighted by atomic mass is 16.5. The maximum Gasteiger partial charge on any atom is 0.227 e. The predicted molar refractivity (Wildman–Crippen MR) is 102 cm³/mol. The summed E-state index contributed by atoms with van der Waals surface area (Å²) in [4.78, 5) is 15.0. The largest absolute Gasteiger partial charge is 0.497 e. The van der Waals surface area contributed by atoms with Gasteiger partial charge in [0.1, 0.15) is 5.75 Å². The first kappa shape index (κ1) is 17.1. The number of carbonyl (C=O) groups is 1. The number of carbonyl (C=O) groups excluding carboxylic acids is 1. The van der Waals surface area contributed by atoms with Crippen LogP contribution in [0.4, 0.5) is 5.69 Å². The van der Waals surface area contributed by atoms with Gasteiger partial charge in [-0.1, -0.05) is 30.3 Å². The number of hydrogen-bond acceptors (Lipinski definition) is 4. The Kier molecular flexibility index (Phi) is 4.66. The fraction of sp³-hybridized carbons (Fsp3) is 0.381. The van der Waals surface area contributed by atoms with Crippen molar-refractivity contribution in [2.75, 3.05) is 18.6 Å². The highest BCUT2D eigenvalue weighted by Gasteiger charge is 2.37. The summed E-state index contributed by atoms with van der Waals surface area (Å²) in [6, 6.07) is 16.6.